The van der Waals surface area contributed by atoms with Crippen molar-refractivity contribution in [1.29, 1.82) is 0 Å². The number of aromatic nitrogens is 1. The largest absolute Gasteiger partial charge is 0.484 e. The molecular weight excluding hydrogens is 586 g/mol. The number of para-hydroxylation sites is 1. The van der Waals surface area contributed by atoms with Crippen molar-refractivity contribution < 1.29 is 29.0 Å². The van der Waals surface area contributed by atoms with E-state index < -0.39 is 23.8 Å². The standard InChI is InChI=1S/C35H35N5O6/c41-32(24-46-28-11-5-2-6-12-28)37-30-21-26(35(45)38-29(22-34(43)44)27-10-7-15-36-23-27)13-14-31(30)39-16-18-40(19-17-39)33(42)20-25-8-3-1-4-9-25/h1-15,21,23,29H,16-20,22,24H2,(H,37,41)(H,38,45)(H,43,44). The quantitative estimate of drug-likeness (QED) is 0.216. The van der Waals surface area contributed by atoms with Crippen LogP contribution in [0, 0.1) is 0 Å². The van der Waals surface area contributed by atoms with Crippen molar-refractivity contribution >= 4 is 35.1 Å². The number of benzene rings is 3. The number of piperazine rings is 1. The van der Waals surface area contributed by atoms with Gasteiger partial charge in [-0.2, -0.15) is 0 Å². The molecule has 1 unspecified atom stereocenters. The molecular formula is C35H35N5O6. The van der Waals surface area contributed by atoms with E-state index in [2.05, 4.69) is 20.5 Å². The maximum absolute atomic E-state index is 13.4. The number of hydrogen-bond donors (Lipinski definition) is 3. The predicted octanol–water partition coefficient (Wildman–Crippen LogP) is 3.94. The van der Waals surface area contributed by atoms with Crippen molar-refractivity contribution in [2.75, 3.05) is 43.0 Å². The lowest BCUT2D eigenvalue weighted by Crippen LogP contribution is -2.49. The molecule has 0 saturated carbocycles. The molecule has 3 amide bonds. The van der Waals surface area contributed by atoms with Gasteiger partial charge in [0.05, 0.1) is 30.3 Å². The van der Waals surface area contributed by atoms with Crippen LogP contribution in [0.5, 0.6) is 5.75 Å². The number of hydrogen-bond acceptors (Lipinski definition) is 7. The number of amides is 3. The van der Waals surface area contributed by atoms with E-state index in [1.165, 1.54) is 6.20 Å². The van der Waals surface area contributed by atoms with Crippen LogP contribution in [0.2, 0.25) is 0 Å². The lowest BCUT2D eigenvalue weighted by molar-refractivity contribution is -0.137. The molecule has 1 aliphatic rings. The molecule has 3 aromatic carbocycles. The highest BCUT2D eigenvalue weighted by Gasteiger charge is 2.25. The van der Waals surface area contributed by atoms with Crippen molar-refractivity contribution in [2.45, 2.75) is 18.9 Å². The Balaban J connectivity index is 1.32. The number of carbonyl (C=O) groups excluding carboxylic acids is 3. The lowest BCUT2D eigenvalue weighted by Gasteiger charge is -2.37. The second-order valence-electron chi connectivity index (χ2n) is 10.8. The Morgan fingerprint density at radius 2 is 1.59 bits per heavy atom. The number of carboxylic acid groups (broad SMARTS) is 1. The molecule has 0 radical (unpaired) electrons. The van der Waals surface area contributed by atoms with Gasteiger partial charge in [0.15, 0.2) is 6.61 Å². The average Bonchev–Trinajstić information content (AvgIpc) is 3.08. The number of nitrogens with one attached hydrogen (secondary N) is 2. The minimum absolute atomic E-state index is 0.0500. The van der Waals surface area contributed by atoms with Crippen molar-refractivity contribution in [3.63, 3.8) is 0 Å². The van der Waals surface area contributed by atoms with Crippen LogP contribution in [0.15, 0.2) is 103 Å². The molecule has 1 atom stereocenters. The van der Waals surface area contributed by atoms with Crippen LogP contribution in [0.25, 0.3) is 0 Å². The van der Waals surface area contributed by atoms with Crippen LogP contribution in [0.1, 0.15) is 33.9 Å². The fourth-order valence-electron chi connectivity index (χ4n) is 5.23. The fourth-order valence-corrected chi connectivity index (χ4v) is 5.23. The third-order valence-corrected chi connectivity index (χ3v) is 7.59. The molecule has 46 heavy (non-hydrogen) atoms. The molecule has 0 aliphatic carbocycles. The Morgan fingerprint density at radius 3 is 2.26 bits per heavy atom. The number of rotatable bonds is 12. The zero-order valence-corrected chi connectivity index (χ0v) is 25.2. The van der Waals surface area contributed by atoms with Gasteiger partial charge in [0.25, 0.3) is 11.8 Å². The second-order valence-corrected chi connectivity index (χ2v) is 10.8. The third kappa shape index (κ3) is 8.69. The van der Waals surface area contributed by atoms with E-state index in [-0.39, 0.29) is 24.5 Å². The van der Waals surface area contributed by atoms with Gasteiger partial charge < -0.3 is 30.3 Å². The first-order valence-corrected chi connectivity index (χ1v) is 15.0. The van der Waals surface area contributed by atoms with Crippen LogP contribution >= 0.6 is 0 Å². The molecule has 3 N–H and O–H groups in total. The molecule has 1 saturated heterocycles. The number of anilines is 2. The van der Waals surface area contributed by atoms with Crippen LogP contribution in [0.4, 0.5) is 11.4 Å². The van der Waals surface area contributed by atoms with Crippen molar-refractivity contribution in [2.24, 2.45) is 0 Å². The van der Waals surface area contributed by atoms with Gasteiger partial charge >= 0.3 is 5.97 Å². The van der Waals surface area contributed by atoms with Crippen molar-refractivity contribution in [1.82, 2.24) is 15.2 Å². The maximum atomic E-state index is 13.4. The van der Waals surface area contributed by atoms with E-state index in [1.54, 1.807) is 60.8 Å². The monoisotopic (exact) mass is 621 g/mol. The smallest absolute Gasteiger partial charge is 0.305 e. The van der Waals surface area contributed by atoms with Crippen molar-refractivity contribution in [3.8, 4) is 5.75 Å². The zero-order valence-electron chi connectivity index (χ0n) is 25.2. The van der Waals surface area contributed by atoms with Crippen LogP contribution in [-0.4, -0.2) is 71.5 Å². The van der Waals surface area contributed by atoms with E-state index in [9.17, 15) is 24.3 Å². The lowest BCUT2D eigenvalue weighted by atomic mass is 10.0. The van der Waals surface area contributed by atoms with E-state index in [0.29, 0.717) is 55.3 Å². The summed E-state index contributed by atoms with van der Waals surface area (Å²) in [4.78, 5) is 58.8. The molecule has 4 aromatic rings. The Bertz CT molecular complexity index is 1640. The van der Waals surface area contributed by atoms with E-state index >= 15 is 0 Å². The Kier molecular flexibility index (Phi) is 10.6. The summed E-state index contributed by atoms with van der Waals surface area (Å²) in [5.74, 6) is -1.40. The van der Waals surface area contributed by atoms with Crippen LogP contribution in [-0.2, 0) is 20.8 Å². The zero-order chi connectivity index (χ0) is 32.3. The molecule has 0 bridgehead atoms. The third-order valence-electron chi connectivity index (χ3n) is 7.59. The number of nitrogens with zero attached hydrogens (tertiary/aromatic N) is 3. The molecule has 2 heterocycles. The number of pyridine rings is 1. The highest BCUT2D eigenvalue weighted by atomic mass is 16.5. The SMILES string of the molecule is O=C(O)CC(NC(=O)c1ccc(N2CCN(C(=O)Cc3ccccc3)CC2)c(NC(=O)COc2ccccc2)c1)c1cccnc1. The van der Waals surface area contributed by atoms with Gasteiger partial charge in [-0.15, -0.1) is 0 Å². The summed E-state index contributed by atoms with van der Waals surface area (Å²) < 4.78 is 5.62. The number of ether oxygens (including phenoxy) is 1. The van der Waals surface area contributed by atoms with E-state index in [4.69, 9.17) is 4.74 Å². The van der Waals surface area contributed by atoms with Gasteiger partial charge in [-0.05, 0) is 47.5 Å². The highest BCUT2D eigenvalue weighted by molar-refractivity contribution is 6.00. The van der Waals surface area contributed by atoms with Crippen LogP contribution in [0.3, 0.4) is 0 Å². The van der Waals surface area contributed by atoms with Crippen LogP contribution < -0.4 is 20.3 Å². The van der Waals surface area contributed by atoms with Gasteiger partial charge in [0.2, 0.25) is 5.91 Å². The number of carbonyl (C=O) groups is 4. The first-order chi connectivity index (χ1) is 22.4. The normalized spacial score (nSPS) is 13.4. The predicted molar refractivity (Wildman–Crippen MR) is 173 cm³/mol. The van der Waals surface area contributed by atoms with E-state index in [1.807, 2.05) is 41.3 Å². The average molecular weight is 622 g/mol. The van der Waals surface area contributed by atoms with Gasteiger partial charge in [-0.25, -0.2) is 0 Å². The summed E-state index contributed by atoms with van der Waals surface area (Å²) in [6.45, 7) is 1.80. The Hall–Kier alpha value is -5.71. The Morgan fingerprint density at radius 1 is 0.870 bits per heavy atom. The fraction of sp³-hybridized carbons (Fsp3) is 0.229. The maximum Gasteiger partial charge on any atom is 0.305 e. The second kappa shape index (κ2) is 15.3. The first-order valence-electron chi connectivity index (χ1n) is 15.0. The van der Waals surface area contributed by atoms with Crippen molar-refractivity contribution in [3.05, 3.63) is 120 Å². The molecule has 11 heteroatoms. The van der Waals surface area contributed by atoms with Gasteiger partial charge in [-0.1, -0.05) is 54.6 Å². The first kappa shape index (κ1) is 31.7. The van der Waals surface area contributed by atoms with Gasteiger partial charge in [0.1, 0.15) is 5.75 Å². The molecule has 1 aliphatic heterocycles. The highest BCUT2D eigenvalue weighted by Crippen LogP contribution is 2.29. The summed E-state index contributed by atoms with van der Waals surface area (Å²) in [5, 5.41) is 15.1. The Labute approximate surface area is 266 Å². The molecule has 236 valence electrons. The molecule has 11 nitrogen and oxygen atoms in total. The number of carboxylic acids is 1. The summed E-state index contributed by atoms with van der Waals surface area (Å²) in [7, 11) is 0. The summed E-state index contributed by atoms with van der Waals surface area (Å²) in [6, 6.07) is 26.1. The summed E-state index contributed by atoms with van der Waals surface area (Å²) in [6.07, 6.45) is 3.08. The minimum atomic E-state index is -1.07. The molecule has 0 spiro atoms. The molecule has 1 fully saturated rings. The van der Waals surface area contributed by atoms with E-state index in [0.717, 1.165) is 5.56 Å². The summed E-state index contributed by atoms with van der Waals surface area (Å²) >= 11 is 0. The molecule has 5 rings (SSSR count). The minimum Gasteiger partial charge on any atom is -0.484 e. The van der Waals surface area contributed by atoms with Gasteiger partial charge in [-0.3, -0.25) is 24.2 Å². The number of aliphatic carboxylic acids is 1. The topological polar surface area (TPSA) is 141 Å². The summed E-state index contributed by atoms with van der Waals surface area (Å²) in [5.41, 5.74) is 2.84. The van der Waals surface area contributed by atoms with Gasteiger partial charge in [0, 0.05) is 44.1 Å². The molecule has 1 aromatic heterocycles.